The summed E-state index contributed by atoms with van der Waals surface area (Å²) in [6.45, 7) is 2.11. The molecule has 1 heterocycles. The molecule has 35 heavy (non-hydrogen) atoms. The van der Waals surface area contributed by atoms with Gasteiger partial charge in [-0.15, -0.1) is 0 Å². The summed E-state index contributed by atoms with van der Waals surface area (Å²) in [5, 5.41) is 3.39. The van der Waals surface area contributed by atoms with Gasteiger partial charge in [0.15, 0.2) is 11.6 Å². The van der Waals surface area contributed by atoms with Gasteiger partial charge < -0.3 is 14.8 Å². The average Bonchev–Trinajstić information content (AvgIpc) is 2.88. The molecular weight excluding hydrogens is 443 g/mol. The molecule has 1 atom stereocenters. The smallest absolute Gasteiger partial charge is 0.258 e. The van der Waals surface area contributed by atoms with E-state index < -0.39 is 11.9 Å². The summed E-state index contributed by atoms with van der Waals surface area (Å²) < 4.78 is 25.3. The molecule has 5 nitrogen and oxygen atoms in total. The number of ether oxygens (including phenoxy) is 2. The largest absolute Gasteiger partial charge is 0.496 e. The minimum absolute atomic E-state index is 0.0944. The number of carbonyl (C=O) groups is 1. The van der Waals surface area contributed by atoms with Crippen molar-refractivity contribution in [3.05, 3.63) is 114 Å². The molecule has 0 bridgehead atoms. The lowest BCUT2D eigenvalue weighted by Gasteiger charge is -2.35. The van der Waals surface area contributed by atoms with Crippen molar-refractivity contribution < 1.29 is 18.7 Å². The summed E-state index contributed by atoms with van der Waals surface area (Å²) in [5.41, 5.74) is 5.05. The van der Waals surface area contributed by atoms with Gasteiger partial charge in [-0.05, 0) is 61.0 Å². The fraction of sp³-hybridized carbons (Fsp3) is 0.138. The number of hydrogen-bond donors (Lipinski definition) is 1. The van der Waals surface area contributed by atoms with Crippen molar-refractivity contribution in [2.45, 2.75) is 19.6 Å². The average molecular weight is 469 g/mol. The van der Waals surface area contributed by atoms with E-state index in [2.05, 4.69) is 5.32 Å². The topological polar surface area (TPSA) is 50.8 Å². The maximum Gasteiger partial charge on any atom is 0.258 e. The Labute approximate surface area is 203 Å². The molecule has 1 unspecified atom stereocenters. The number of nitrogens with zero attached hydrogens (tertiary/aromatic N) is 1. The van der Waals surface area contributed by atoms with E-state index >= 15 is 0 Å². The Bertz CT molecular complexity index is 1370. The number of para-hydroxylation sites is 3. The van der Waals surface area contributed by atoms with Gasteiger partial charge in [-0.1, -0.05) is 48.0 Å². The third-order valence-electron chi connectivity index (χ3n) is 6.06. The van der Waals surface area contributed by atoms with Gasteiger partial charge in [-0.25, -0.2) is 4.39 Å². The lowest BCUT2D eigenvalue weighted by Crippen LogP contribution is -2.39. The molecule has 1 N–H and O–H groups in total. The van der Waals surface area contributed by atoms with E-state index in [1.54, 1.807) is 36.3 Å². The molecule has 176 valence electrons. The van der Waals surface area contributed by atoms with Crippen LogP contribution in [0, 0.1) is 12.7 Å². The molecular formula is C29H25FN2O3. The summed E-state index contributed by atoms with van der Waals surface area (Å²) in [4.78, 5) is 15.6. The third kappa shape index (κ3) is 4.43. The molecule has 0 spiro atoms. The third-order valence-corrected chi connectivity index (χ3v) is 6.06. The Morgan fingerprint density at radius 3 is 2.43 bits per heavy atom. The summed E-state index contributed by atoms with van der Waals surface area (Å²) in [6, 6.07) is 26.8. The number of rotatable bonds is 6. The first-order valence-electron chi connectivity index (χ1n) is 11.4. The number of aryl methyl sites for hydroxylation is 1. The first-order valence-corrected chi connectivity index (χ1v) is 11.4. The highest BCUT2D eigenvalue weighted by Gasteiger charge is 2.34. The molecule has 0 aromatic heterocycles. The van der Waals surface area contributed by atoms with Crippen molar-refractivity contribution in [2.75, 3.05) is 17.3 Å². The van der Waals surface area contributed by atoms with Crippen LogP contribution in [0.25, 0.3) is 0 Å². The first kappa shape index (κ1) is 22.5. The van der Waals surface area contributed by atoms with Gasteiger partial charge in [-0.2, -0.15) is 0 Å². The zero-order chi connectivity index (χ0) is 24.4. The van der Waals surface area contributed by atoms with E-state index in [0.717, 1.165) is 28.2 Å². The lowest BCUT2D eigenvalue weighted by molar-refractivity contribution is -0.118. The van der Waals surface area contributed by atoms with Crippen LogP contribution in [0.3, 0.4) is 0 Å². The fourth-order valence-corrected chi connectivity index (χ4v) is 4.25. The Morgan fingerprint density at radius 1 is 0.914 bits per heavy atom. The normalized spacial score (nSPS) is 14.8. The minimum atomic E-state index is -0.621. The second kappa shape index (κ2) is 9.50. The van der Waals surface area contributed by atoms with Crippen LogP contribution in [0.5, 0.6) is 11.5 Å². The SMILES string of the molecule is COc1ccc(C2Nc3ccccc3N(c3ccc(C)cc3)C2=O)cc1COc1ccccc1F. The zero-order valence-corrected chi connectivity index (χ0v) is 19.5. The van der Waals surface area contributed by atoms with E-state index in [9.17, 15) is 9.18 Å². The summed E-state index contributed by atoms with van der Waals surface area (Å²) in [7, 11) is 1.57. The van der Waals surface area contributed by atoms with E-state index in [1.165, 1.54) is 6.07 Å². The number of halogens is 1. The maximum absolute atomic E-state index is 14.0. The molecule has 0 aliphatic carbocycles. The number of hydrogen-bond acceptors (Lipinski definition) is 4. The number of anilines is 3. The van der Waals surface area contributed by atoms with Gasteiger partial charge >= 0.3 is 0 Å². The highest BCUT2D eigenvalue weighted by atomic mass is 19.1. The molecule has 5 rings (SSSR count). The number of benzene rings is 4. The highest BCUT2D eigenvalue weighted by molar-refractivity contribution is 6.10. The Kier molecular flexibility index (Phi) is 6.10. The predicted octanol–water partition coefficient (Wildman–Crippen LogP) is 6.55. The first-order chi connectivity index (χ1) is 17.0. The van der Waals surface area contributed by atoms with Crippen molar-refractivity contribution in [1.82, 2.24) is 0 Å². The van der Waals surface area contributed by atoms with Crippen LogP contribution in [-0.4, -0.2) is 13.0 Å². The number of carbonyl (C=O) groups excluding carboxylic acids is 1. The highest BCUT2D eigenvalue weighted by Crippen LogP contribution is 2.41. The second-order valence-corrected chi connectivity index (χ2v) is 8.39. The molecule has 1 aliphatic heterocycles. The van der Waals surface area contributed by atoms with Crippen LogP contribution in [0.2, 0.25) is 0 Å². The van der Waals surface area contributed by atoms with Crippen molar-refractivity contribution in [1.29, 1.82) is 0 Å². The van der Waals surface area contributed by atoms with Gasteiger partial charge in [0, 0.05) is 11.3 Å². The Hall–Kier alpha value is -4.32. The van der Waals surface area contributed by atoms with Crippen LogP contribution < -0.4 is 19.7 Å². The molecule has 1 amide bonds. The molecule has 0 radical (unpaired) electrons. The van der Waals surface area contributed by atoms with Crippen molar-refractivity contribution >= 4 is 23.0 Å². The van der Waals surface area contributed by atoms with Gasteiger partial charge in [0.05, 0.1) is 18.5 Å². The standard InChI is InChI=1S/C29H25FN2O3/c1-19-11-14-22(15-12-19)32-25-9-5-4-8-24(25)31-28(29(32)33)20-13-16-26(34-2)21(17-20)18-35-27-10-6-3-7-23(27)30/h3-17,28,31H,18H2,1-2H3. The monoisotopic (exact) mass is 468 g/mol. The van der Waals surface area contributed by atoms with Crippen LogP contribution in [0.1, 0.15) is 22.7 Å². The molecule has 0 saturated heterocycles. The molecule has 6 heteroatoms. The fourth-order valence-electron chi connectivity index (χ4n) is 4.25. The van der Waals surface area contributed by atoms with Crippen molar-refractivity contribution in [3.8, 4) is 11.5 Å². The summed E-state index contributed by atoms with van der Waals surface area (Å²) in [6.07, 6.45) is 0. The van der Waals surface area contributed by atoms with E-state index in [0.29, 0.717) is 11.3 Å². The van der Waals surface area contributed by atoms with Crippen LogP contribution in [-0.2, 0) is 11.4 Å². The van der Waals surface area contributed by atoms with Gasteiger partial charge in [0.1, 0.15) is 18.4 Å². The molecule has 4 aromatic carbocycles. The van der Waals surface area contributed by atoms with Crippen LogP contribution in [0.4, 0.5) is 21.5 Å². The Balaban J connectivity index is 1.50. The summed E-state index contributed by atoms with van der Waals surface area (Å²) >= 11 is 0. The van der Waals surface area contributed by atoms with Crippen LogP contribution >= 0.6 is 0 Å². The van der Waals surface area contributed by atoms with Gasteiger partial charge in [-0.3, -0.25) is 9.69 Å². The molecule has 0 fully saturated rings. The van der Waals surface area contributed by atoms with E-state index in [-0.39, 0.29) is 18.3 Å². The van der Waals surface area contributed by atoms with Crippen LogP contribution in [0.15, 0.2) is 91.0 Å². The molecule has 0 saturated carbocycles. The molecule has 1 aliphatic rings. The number of amides is 1. The predicted molar refractivity (Wildman–Crippen MR) is 135 cm³/mol. The number of methoxy groups -OCH3 is 1. The quantitative estimate of drug-likeness (QED) is 0.349. The second-order valence-electron chi connectivity index (χ2n) is 8.39. The minimum Gasteiger partial charge on any atom is -0.496 e. The van der Waals surface area contributed by atoms with Gasteiger partial charge in [0.25, 0.3) is 5.91 Å². The maximum atomic E-state index is 14.0. The zero-order valence-electron chi connectivity index (χ0n) is 19.5. The lowest BCUT2D eigenvalue weighted by atomic mass is 9.98. The molecule has 4 aromatic rings. The number of fused-ring (bicyclic) bond motifs is 1. The van der Waals surface area contributed by atoms with E-state index in [1.807, 2.05) is 67.6 Å². The number of nitrogens with one attached hydrogen (secondary N) is 1. The van der Waals surface area contributed by atoms with Gasteiger partial charge in [0.2, 0.25) is 0 Å². The van der Waals surface area contributed by atoms with Crippen molar-refractivity contribution in [3.63, 3.8) is 0 Å². The van der Waals surface area contributed by atoms with Crippen molar-refractivity contribution in [2.24, 2.45) is 0 Å². The summed E-state index contributed by atoms with van der Waals surface area (Å²) in [5.74, 6) is 0.228. The Morgan fingerprint density at radius 2 is 1.66 bits per heavy atom. The van der Waals surface area contributed by atoms with E-state index in [4.69, 9.17) is 9.47 Å².